The number of halogens is 3. The van der Waals surface area contributed by atoms with Crippen LogP contribution in [0, 0.1) is 5.41 Å². The Bertz CT molecular complexity index is 924. The summed E-state index contributed by atoms with van der Waals surface area (Å²) in [6.45, 7) is 1.21. The standard InChI is InChI=1S/C20H20F3N3O4/c1-19(2,17(28)29-11-20(21,22)23)13-5-9-15(10-6-13)30-16(27)12-3-7-14(8-4-12)26-18(24)25/h3-10H,11H2,1-2H3,(H4,24,25,26). The van der Waals surface area contributed by atoms with E-state index < -0.39 is 30.1 Å². The maximum atomic E-state index is 12.3. The Morgan fingerprint density at radius 1 is 1.03 bits per heavy atom. The van der Waals surface area contributed by atoms with Crippen LogP contribution >= 0.6 is 0 Å². The van der Waals surface area contributed by atoms with Gasteiger partial charge in [-0.3, -0.25) is 10.2 Å². The third kappa shape index (κ3) is 6.23. The summed E-state index contributed by atoms with van der Waals surface area (Å²) < 4.78 is 46.4. The van der Waals surface area contributed by atoms with Gasteiger partial charge in [-0.15, -0.1) is 0 Å². The van der Waals surface area contributed by atoms with Gasteiger partial charge in [0, 0.05) is 5.69 Å². The van der Waals surface area contributed by atoms with Crippen LogP contribution in [0.4, 0.5) is 18.9 Å². The lowest BCUT2D eigenvalue weighted by atomic mass is 9.85. The van der Waals surface area contributed by atoms with Crippen molar-refractivity contribution in [2.45, 2.75) is 25.4 Å². The van der Waals surface area contributed by atoms with Gasteiger partial charge >= 0.3 is 18.1 Å². The number of rotatable bonds is 6. The van der Waals surface area contributed by atoms with Crippen molar-refractivity contribution >= 4 is 23.6 Å². The highest BCUT2D eigenvalue weighted by molar-refractivity contribution is 5.93. The molecule has 0 radical (unpaired) electrons. The average molecular weight is 423 g/mol. The summed E-state index contributed by atoms with van der Waals surface area (Å²) in [6.07, 6.45) is -4.61. The zero-order valence-corrected chi connectivity index (χ0v) is 16.2. The van der Waals surface area contributed by atoms with Gasteiger partial charge in [0.2, 0.25) is 0 Å². The fraction of sp³-hybridized carbons (Fsp3) is 0.250. The zero-order valence-electron chi connectivity index (χ0n) is 16.2. The zero-order chi connectivity index (χ0) is 22.5. The van der Waals surface area contributed by atoms with Gasteiger partial charge < -0.3 is 20.5 Å². The normalized spacial score (nSPS) is 11.5. The molecule has 10 heteroatoms. The highest BCUT2D eigenvalue weighted by Gasteiger charge is 2.36. The quantitative estimate of drug-likeness (QED) is 0.283. The predicted octanol–water partition coefficient (Wildman–Crippen LogP) is 3.59. The first-order chi connectivity index (χ1) is 13.9. The number of anilines is 1. The summed E-state index contributed by atoms with van der Waals surface area (Å²) >= 11 is 0. The van der Waals surface area contributed by atoms with Crippen molar-refractivity contribution in [2.24, 2.45) is 5.73 Å². The average Bonchev–Trinajstić information content (AvgIpc) is 2.66. The molecule has 0 aliphatic carbocycles. The van der Waals surface area contributed by atoms with Gasteiger partial charge in [0.1, 0.15) is 5.75 Å². The summed E-state index contributed by atoms with van der Waals surface area (Å²) in [5.74, 6) is -1.71. The maximum absolute atomic E-state index is 12.3. The number of carbonyl (C=O) groups is 2. The summed E-state index contributed by atoms with van der Waals surface area (Å²) in [5, 5.41) is 9.73. The Balaban J connectivity index is 2.03. The van der Waals surface area contributed by atoms with Crippen molar-refractivity contribution in [1.29, 1.82) is 5.41 Å². The lowest BCUT2D eigenvalue weighted by Crippen LogP contribution is -2.33. The number of guanidine groups is 1. The molecule has 0 unspecified atom stereocenters. The van der Waals surface area contributed by atoms with E-state index in [9.17, 15) is 22.8 Å². The van der Waals surface area contributed by atoms with Crippen molar-refractivity contribution in [2.75, 3.05) is 11.9 Å². The molecule has 0 saturated heterocycles. The summed E-state index contributed by atoms with van der Waals surface area (Å²) in [6, 6.07) is 11.9. The highest BCUT2D eigenvalue weighted by Crippen LogP contribution is 2.28. The molecule has 0 amide bonds. The predicted molar refractivity (Wildman–Crippen MR) is 103 cm³/mol. The van der Waals surface area contributed by atoms with Gasteiger partial charge in [-0.1, -0.05) is 12.1 Å². The van der Waals surface area contributed by atoms with Crippen molar-refractivity contribution < 1.29 is 32.2 Å². The monoisotopic (exact) mass is 423 g/mol. The second kappa shape index (κ2) is 8.85. The highest BCUT2D eigenvalue weighted by atomic mass is 19.4. The Morgan fingerprint density at radius 3 is 2.10 bits per heavy atom. The molecule has 0 aromatic heterocycles. The van der Waals surface area contributed by atoms with E-state index in [1.807, 2.05) is 0 Å². The lowest BCUT2D eigenvalue weighted by Gasteiger charge is -2.23. The van der Waals surface area contributed by atoms with E-state index in [1.54, 1.807) is 12.1 Å². The first-order valence-electron chi connectivity index (χ1n) is 8.66. The van der Waals surface area contributed by atoms with Gasteiger partial charge in [-0.25, -0.2) is 4.79 Å². The Labute approximate surface area is 170 Å². The fourth-order valence-electron chi connectivity index (χ4n) is 2.40. The van der Waals surface area contributed by atoms with Crippen molar-refractivity contribution in [1.82, 2.24) is 0 Å². The van der Waals surface area contributed by atoms with Crippen LogP contribution in [0.25, 0.3) is 0 Å². The molecule has 2 aromatic rings. The molecule has 0 spiro atoms. The van der Waals surface area contributed by atoms with Crippen molar-refractivity contribution in [3.63, 3.8) is 0 Å². The smallest absolute Gasteiger partial charge is 0.422 e. The molecule has 0 heterocycles. The van der Waals surface area contributed by atoms with E-state index >= 15 is 0 Å². The number of nitrogens with one attached hydrogen (secondary N) is 2. The van der Waals surface area contributed by atoms with Gasteiger partial charge in [0.25, 0.3) is 0 Å². The largest absolute Gasteiger partial charge is 0.455 e. The molecule has 7 nitrogen and oxygen atoms in total. The number of carbonyl (C=O) groups excluding carboxylic acids is 2. The van der Waals surface area contributed by atoms with Gasteiger partial charge in [-0.2, -0.15) is 13.2 Å². The van der Waals surface area contributed by atoms with E-state index in [-0.39, 0.29) is 17.3 Å². The van der Waals surface area contributed by atoms with Crippen LogP contribution in [-0.2, 0) is 14.9 Å². The van der Waals surface area contributed by atoms with E-state index in [1.165, 1.54) is 50.2 Å². The minimum absolute atomic E-state index is 0.189. The molecule has 0 aliphatic rings. The number of alkyl halides is 3. The van der Waals surface area contributed by atoms with Crippen molar-refractivity contribution in [3.05, 3.63) is 59.7 Å². The first-order valence-corrected chi connectivity index (χ1v) is 8.66. The molecule has 0 fully saturated rings. The summed E-state index contributed by atoms with van der Waals surface area (Å²) in [7, 11) is 0. The number of esters is 2. The Morgan fingerprint density at radius 2 is 1.60 bits per heavy atom. The molecule has 0 aliphatic heterocycles. The van der Waals surface area contributed by atoms with Crippen LogP contribution in [0.1, 0.15) is 29.8 Å². The number of benzene rings is 2. The maximum Gasteiger partial charge on any atom is 0.422 e. The topological polar surface area (TPSA) is 114 Å². The van der Waals surface area contributed by atoms with E-state index in [0.29, 0.717) is 11.3 Å². The minimum Gasteiger partial charge on any atom is -0.455 e. The third-order valence-corrected chi connectivity index (χ3v) is 4.06. The van der Waals surface area contributed by atoms with Crippen LogP contribution in [0.15, 0.2) is 48.5 Å². The van der Waals surface area contributed by atoms with E-state index in [0.717, 1.165) is 0 Å². The van der Waals surface area contributed by atoms with Crippen LogP contribution in [0.5, 0.6) is 5.75 Å². The molecule has 0 saturated carbocycles. The number of hydrogen-bond donors (Lipinski definition) is 3. The molecule has 4 N–H and O–H groups in total. The van der Waals surface area contributed by atoms with Crippen LogP contribution in [0.2, 0.25) is 0 Å². The van der Waals surface area contributed by atoms with E-state index in [2.05, 4.69) is 10.1 Å². The SMILES string of the molecule is CC(C)(C(=O)OCC(F)(F)F)c1ccc(OC(=O)c2ccc(NC(=N)N)cc2)cc1. The summed E-state index contributed by atoms with van der Waals surface area (Å²) in [5.41, 5.74) is 5.08. The molecule has 0 bridgehead atoms. The molecule has 30 heavy (non-hydrogen) atoms. The molecular formula is C20H20F3N3O4. The van der Waals surface area contributed by atoms with Crippen molar-refractivity contribution in [3.8, 4) is 5.75 Å². The van der Waals surface area contributed by atoms with Gasteiger partial charge in [0.15, 0.2) is 12.6 Å². The fourth-order valence-corrected chi connectivity index (χ4v) is 2.40. The molecule has 2 aromatic carbocycles. The van der Waals surface area contributed by atoms with Crippen LogP contribution < -0.4 is 15.8 Å². The lowest BCUT2D eigenvalue weighted by molar-refractivity contribution is -0.189. The number of nitrogens with two attached hydrogens (primary N) is 1. The molecule has 0 atom stereocenters. The summed E-state index contributed by atoms with van der Waals surface area (Å²) in [4.78, 5) is 24.2. The minimum atomic E-state index is -4.61. The second-order valence-electron chi connectivity index (χ2n) is 6.85. The second-order valence-corrected chi connectivity index (χ2v) is 6.85. The molecular weight excluding hydrogens is 403 g/mol. The van der Waals surface area contributed by atoms with E-state index in [4.69, 9.17) is 15.9 Å². The van der Waals surface area contributed by atoms with Crippen LogP contribution in [0.3, 0.4) is 0 Å². The Kier molecular flexibility index (Phi) is 6.70. The van der Waals surface area contributed by atoms with Gasteiger partial charge in [-0.05, 0) is 55.8 Å². The molecule has 2 rings (SSSR count). The van der Waals surface area contributed by atoms with Gasteiger partial charge in [0.05, 0.1) is 11.0 Å². The van der Waals surface area contributed by atoms with Crippen LogP contribution in [-0.4, -0.2) is 30.7 Å². The first kappa shape index (κ1) is 22.7. The molecule has 160 valence electrons. The number of ether oxygens (including phenoxy) is 2. The Hall–Kier alpha value is -3.56. The third-order valence-electron chi connectivity index (χ3n) is 4.06. The number of hydrogen-bond acceptors (Lipinski definition) is 5.